The van der Waals surface area contributed by atoms with Crippen molar-refractivity contribution in [2.75, 3.05) is 38.7 Å². The standard InChI is InChI=1S/C21H32N2O3/c1-21(25-2,17-7-8-17)20(24)22-18-9-11-19(12-10-18)26-16-6-15-23-13-4-3-5-14-23/h9-12,17H,3-8,13-16H2,1-2H3,(H,22,24)/t21-/m0/s1. The third kappa shape index (κ3) is 4.98. The zero-order chi connectivity index (χ0) is 18.4. The van der Waals surface area contributed by atoms with Gasteiger partial charge in [-0.1, -0.05) is 6.42 Å². The summed E-state index contributed by atoms with van der Waals surface area (Å²) in [7, 11) is 1.61. The van der Waals surface area contributed by atoms with E-state index in [0.29, 0.717) is 5.92 Å². The van der Waals surface area contributed by atoms with Crippen molar-refractivity contribution in [2.45, 2.75) is 51.0 Å². The summed E-state index contributed by atoms with van der Waals surface area (Å²) in [6.07, 6.45) is 7.20. The molecule has 1 aromatic rings. The molecule has 1 atom stereocenters. The van der Waals surface area contributed by atoms with E-state index in [1.807, 2.05) is 31.2 Å². The molecule has 2 aliphatic rings. The van der Waals surface area contributed by atoms with Crippen molar-refractivity contribution >= 4 is 11.6 Å². The molecule has 26 heavy (non-hydrogen) atoms. The number of piperidine rings is 1. The fraction of sp³-hybridized carbons (Fsp3) is 0.667. The number of hydrogen-bond acceptors (Lipinski definition) is 4. The number of methoxy groups -OCH3 is 1. The first-order chi connectivity index (χ1) is 12.6. The van der Waals surface area contributed by atoms with Crippen LogP contribution < -0.4 is 10.1 Å². The van der Waals surface area contributed by atoms with E-state index in [4.69, 9.17) is 9.47 Å². The van der Waals surface area contributed by atoms with Crippen molar-refractivity contribution in [1.29, 1.82) is 0 Å². The van der Waals surface area contributed by atoms with Gasteiger partial charge in [-0.25, -0.2) is 0 Å². The number of nitrogens with zero attached hydrogens (tertiary/aromatic N) is 1. The molecule has 1 aliphatic carbocycles. The van der Waals surface area contributed by atoms with Gasteiger partial charge in [0.2, 0.25) is 0 Å². The summed E-state index contributed by atoms with van der Waals surface area (Å²) in [5.74, 6) is 1.10. The summed E-state index contributed by atoms with van der Waals surface area (Å²) >= 11 is 0. The lowest BCUT2D eigenvalue weighted by Gasteiger charge is -2.26. The molecule has 144 valence electrons. The van der Waals surface area contributed by atoms with Gasteiger partial charge in [0.05, 0.1) is 6.61 Å². The molecular weight excluding hydrogens is 328 g/mol. The molecule has 3 rings (SSSR count). The number of nitrogens with one attached hydrogen (secondary N) is 1. The molecule has 1 aromatic carbocycles. The van der Waals surface area contributed by atoms with Crippen LogP contribution in [0.25, 0.3) is 0 Å². The van der Waals surface area contributed by atoms with Crippen LogP contribution in [0.3, 0.4) is 0 Å². The maximum atomic E-state index is 12.5. The summed E-state index contributed by atoms with van der Waals surface area (Å²) in [5, 5.41) is 2.97. The van der Waals surface area contributed by atoms with E-state index >= 15 is 0 Å². The minimum Gasteiger partial charge on any atom is -0.494 e. The van der Waals surface area contributed by atoms with Crippen LogP contribution in [0.1, 0.15) is 45.4 Å². The SMILES string of the molecule is CO[C@](C)(C(=O)Nc1ccc(OCCCN2CCCCC2)cc1)C1CC1. The Bertz CT molecular complexity index is 579. The van der Waals surface area contributed by atoms with E-state index < -0.39 is 5.60 Å². The molecule has 0 aromatic heterocycles. The minimum absolute atomic E-state index is 0.0716. The van der Waals surface area contributed by atoms with E-state index in [1.54, 1.807) is 7.11 Å². The topological polar surface area (TPSA) is 50.8 Å². The minimum atomic E-state index is -0.733. The van der Waals surface area contributed by atoms with E-state index in [-0.39, 0.29) is 5.91 Å². The number of hydrogen-bond donors (Lipinski definition) is 1. The van der Waals surface area contributed by atoms with Gasteiger partial charge >= 0.3 is 0 Å². The van der Waals surface area contributed by atoms with Crippen molar-refractivity contribution in [3.63, 3.8) is 0 Å². The lowest BCUT2D eigenvalue weighted by Crippen LogP contribution is -2.43. The summed E-state index contributed by atoms with van der Waals surface area (Å²) in [5.41, 5.74) is 0.0449. The molecule has 0 spiro atoms. The molecule has 1 aliphatic heterocycles. The highest BCUT2D eigenvalue weighted by molar-refractivity contribution is 5.97. The smallest absolute Gasteiger partial charge is 0.256 e. The Morgan fingerprint density at radius 2 is 1.88 bits per heavy atom. The van der Waals surface area contributed by atoms with E-state index in [1.165, 1.54) is 32.4 Å². The van der Waals surface area contributed by atoms with Gasteiger partial charge in [0.1, 0.15) is 11.4 Å². The lowest BCUT2D eigenvalue weighted by atomic mass is 9.99. The predicted molar refractivity (Wildman–Crippen MR) is 104 cm³/mol. The monoisotopic (exact) mass is 360 g/mol. The molecule has 0 unspecified atom stereocenters. The average molecular weight is 360 g/mol. The second-order valence-electron chi connectivity index (χ2n) is 7.67. The highest BCUT2D eigenvalue weighted by atomic mass is 16.5. The third-order valence-corrected chi connectivity index (χ3v) is 5.68. The van der Waals surface area contributed by atoms with E-state index in [2.05, 4.69) is 10.2 Å². The molecule has 1 saturated carbocycles. The lowest BCUT2D eigenvalue weighted by molar-refractivity contribution is -0.138. The molecule has 5 heteroatoms. The van der Waals surface area contributed by atoms with Gasteiger partial charge in [-0.3, -0.25) is 4.79 Å². The molecule has 2 fully saturated rings. The summed E-state index contributed by atoms with van der Waals surface area (Å²) < 4.78 is 11.3. The third-order valence-electron chi connectivity index (χ3n) is 5.68. The molecule has 1 heterocycles. The van der Waals surface area contributed by atoms with Crippen molar-refractivity contribution in [2.24, 2.45) is 5.92 Å². The molecule has 1 amide bonds. The number of rotatable bonds is 9. The summed E-state index contributed by atoms with van der Waals surface area (Å²) in [4.78, 5) is 15.0. The Kier molecular flexibility index (Phi) is 6.54. The van der Waals surface area contributed by atoms with E-state index in [9.17, 15) is 4.79 Å². The Labute approximate surface area is 157 Å². The van der Waals surface area contributed by atoms with Crippen LogP contribution in [0.2, 0.25) is 0 Å². The van der Waals surface area contributed by atoms with Gasteiger partial charge in [0.15, 0.2) is 0 Å². The zero-order valence-corrected chi connectivity index (χ0v) is 16.1. The zero-order valence-electron chi connectivity index (χ0n) is 16.1. The van der Waals surface area contributed by atoms with Gasteiger partial charge in [0.25, 0.3) is 5.91 Å². The fourth-order valence-electron chi connectivity index (χ4n) is 3.63. The maximum absolute atomic E-state index is 12.5. The second kappa shape index (κ2) is 8.87. The van der Waals surface area contributed by atoms with Gasteiger partial charge < -0.3 is 19.7 Å². The predicted octanol–water partition coefficient (Wildman–Crippen LogP) is 3.70. The van der Waals surface area contributed by atoms with E-state index in [0.717, 1.165) is 43.9 Å². The van der Waals surface area contributed by atoms with Crippen LogP contribution in [0, 0.1) is 5.92 Å². The number of amides is 1. The maximum Gasteiger partial charge on any atom is 0.256 e. The number of benzene rings is 1. The first-order valence-electron chi connectivity index (χ1n) is 9.93. The van der Waals surface area contributed by atoms with Crippen molar-refractivity contribution in [3.05, 3.63) is 24.3 Å². The number of ether oxygens (including phenoxy) is 2. The Morgan fingerprint density at radius 3 is 2.50 bits per heavy atom. The molecule has 0 bridgehead atoms. The van der Waals surface area contributed by atoms with Crippen LogP contribution in [0.4, 0.5) is 5.69 Å². The van der Waals surface area contributed by atoms with Crippen LogP contribution in [0.5, 0.6) is 5.75 Å². The highest BCUT2D eigenvalue weighted by Gasteiger charge is 2.47. The largest absolute Gasteiger partial charge is 0.494 e. The summed E-state index contributed by atoms with van der Waals surface area (Å²) in [6.45, 7) is 6.18. The quantitative estimate of drug-likeness (QED) is 0.682. The van der Waals surface area contributed by atoms with Gasteiger partial charge in [-0.15, -0.1) is 0 Å². The van der Waals surface area contributed by atoms with Crippen LogP contribution in [-0.2, 0) is 9.53 Å². The normalized spacial score (nSPS) is 20.4. The number of carbonyl (C=O) groups excluding carboxylic acids is 1. The Morgan fingerprint density at radius 1 is 1.19 bits per heavy atom. The molecule has 0 radical (unpaired) electrons. The van der Waals surface area contributed by atoms with Gasteiger partial charge in [-0.05, 0) is 82.3 Å². The summed E-state index contributed by atoms with van der Waals surface area (Å²) in [6, 6.07) is 7.61. The van der Waals surface area contributed by atoms with Gasteiger partial charge in [-0.2, -0.15) is 0 Å². The average Bonchev–Trinajstić information content (AvgIpc) is 3.52. The first-order valence-corrected chi connectivity index (χ1v) is 9.93. The Hall–Kier alpha value is -1.59. The van der Waals surface area contributed by atoms with Crippen molar-refractivity contribution in [3.8, 4) is 5.75 Å². The molecule has 1 N–H and O–H groups in total. The van der Waals surface area contributed by atoms with Crippen molar-refractivity contribution in [1.82, 2.24) is 4.90 Å². The molecule has 5 nitrogen and oxygen atoms in total. The van der Waals surface area contributed by atoms with Crippen LogP contribution in [-0.4, -0.2) is 49.8 Å². The van der Waals surface area contributed by atoms with Gasteiger partial charge in [0, 0.05) is 19.3 Å². The Balaban J connectivity index is 1.41. The molecular formula is C21H32N2O3. The number of likely N-dealkylation sites (tertiary alicyclic amines) is 1. The number of carbonyl (C=O) groups is 1. The van der Waals surface area contributed by atoms with Crippen LogP contribution in [0.15, 0.2) is 24.3 Å². The van der Waals surface area contributed by atoms with Crippen LogP contribution >= 0.6 is 0 Å². The number of anilines is 1. The highest BCUT2D eigenvalue weighted by Crippen LogP contribution is 2.42. The second-order valence-corrected chi connectivity index (χ2v) is 7.67. The van der Waals surface area contributed by atoms with Crippen molar-refractivity contribution < 1.29 is 14.3 Å². The fourth-order valence-corrected chi connectivity index (χ4v) is 3.63. The molecule has 1 saturated heterocycles. The first kappa shape index (κ1) is 19.2.